The number of hydrogen-bond acceptors (Lipinski definition) is 2. The third-order valence-electron chi connectivity index (χ3n) is 3.52. The molecule has 1 heterocycles. The number of halogens is 2. The lowest BCUT2D eigenvalue weighted by Gasteiger charge is -2.21. The van der Waals surface area contributed by atoms with Gasteiger partial charge in [-0.05, 0) is 61.2 Å². The van der Waals surface area contributed by atoms with E-state index in [2.05, 4.69) is 33.2 Å². The molecule has 0 aliphatic rings. The van der Waals surface area contributed by atoms with Crippen molar-refractivity contribution in [3.05, 3.63) is 63.6 Å². The molecular formula is C17H20BrFN2. The number of nitrogens with one attached hydrogen (secondary N) is 1. The predicted octanol–water partition coefficient (Wildman–Crippen LogP) is 4.58. The van der Waals surface area contributed by atoms with Crippen LogP contribution in [0, 0.1) is 12.7 Å². The molecule has 0 bridgehead atoms. The molecular weight excluding hydrogens is 331 g/mol. The zero-order chi connectivity index (χ0) is 15.2. The van der Waals surface area contributed by atoms with Gasteiger partial charge in [-0.25, -0.2) is 4.39 Å². The number of aryl methyl sites for hydroxylation is 1. The van der Waals surface area contributed by atoms with Crippen LogP contribution in [-0.2, 0) is 6.42 Å². The highest BCUT2D eigenvalue weighted by Crippen LogP contribution is 2.24. The molecule has 2 rings (SSSR count). The molecule has 0 fully saturated rings. The van der Waals surface area contributed by atoms with Crippen molar-refractivity contribution in [3.8, 4) is 0 Å². The Morgan fingerprint density at radius 2 is 2.14 bits per heavy atom. The summed E-state index contributed by atoms with van der Waals surface area (Å²) in [5.74, 6) is -0.167. The molecule has 1 aromatic carbocycles. The number of hydrogen-bond donors (Lipinski definition) is 1. The summed E-state index contributed by atoms with van der Waals surface area (Å²) >= 11 is 3.30. The highest BCUT2D eigenvalue weighted by atomic mass is 79.9. The van der Waals surface area contributed by atoms with Gasteiger partial charge in [0.2, 0.25) is 0 Å². The molecule has 1 atom stereocenters. The molecule has 1 unspecified atom stereocenters. The van der Waals surface area contributed by atoms with Gasteiger partial charge in [0.25, 0.3) is 0 Å². The zero-order valence-corrected chi connectivity index (χ0v) is 14.0. The van der Waals surface area contributed by atoms with E-state index >= 15 is 0 Å². The Morgan fingerprint density at radius 1 is 1.33 bits per heavy atom. The minimum atomic E-state index is -0.167. The summed E-state index contributed by atoms with van der Waals surface area (Å²) < 4.78 is 14.8. The fourth-order valence-corrected chi connectivity index (χ4v) is 2.73. The van der Waals surface area contributed by atoms with Crippen LogP contribution in [0.1, 0.15) is 36.1 Å². The van der Waals surface area contributed by atoms with Crippen LogP contribution in [0.2, 0.25) is 0 Å². The second-order valence-electron chi connectivity index (χ2n) is 5.18. The number of aromatic nitrogens is 1. The summed E-state index contributed by atoms with van der Waals surface area (Å²) in [7, 11) is 0. The first kappa shape index (κ1) is 16.1. The van der Waals surface area contributed by atoms with Gasteiger partial charge >= 0.3 is 0 Å². The summed E-state index contributed by atoms with van der Waals surface area (Å²) in [6, 6.07) is 7.36. The Morgan fingerprint density at radius 3 is 2.81 bits per heavy atom. The van der Waals surface area contributed by atoms with Crippen molar-refractivity contribution in [3.63, 3.8) is 0 Å². The largest absolute Gasteiger partial charge is 0.310 e. The lowest BCUT2D eigenvalue weighted by molar-refractivity contribution is 0.510. The smallest absolute Gasteiger partial charge is 0.127 e. The first-order chi connectivity index (χ1) is 10.1. The predicted molar refractivity (Wildman–Crippen MR) is 87.8 cm³/mol. The average molecular weight is 351 g/mol. The highest BCUT2D eigenvalue weighted by Gasteiger charge is 2.16. The summed E-state index contributed by atoms with van der Waals surface area (Å²) in [6.45, 7) is 5.08. The molecule has 0 aliphatic carbocycles. The van der Waals surface area contributed by atoms with Gasteiger partial charge in [-0.2, -0.15) is 0 Å². The van der Waals surface area contributed by atoms with Gasteiger partial charge in [-0.15, -0.1) is 0 Å². The summed E-state index contributed by atoms with van der Waals surface area (Å²) in [4.78, 5) is 4.14. The van der Waals surface area contributed by atoms with Crippen molar-refractivity contribution in [2.24, 2.45) is 0 Å². The summed E-state index contributed by atoms with van der Waals surface area (Å²) in [5, 5.41) is 3.51. The van der Waals surface area contributed by atoms with E-state index in [1.807, 2.05) is 31.3 Å². The van der Waals surface area contributed by atoms with Crippen molar-refractivity contribution in [2.75, 3.05) is 6.54 Å². The number of benzene rings is 1. The lowest BCUT2D eigenvalue weighted by atomic mass is 9.96. The number of nitrogens with zero attached hydrogens (tertiary/aromatic N) is 1. The Balaban J connectivity index is 2.26. The van der Waals surface area contributed by atoms with Crippen LogP contribution in [0.25, 0.3) is 0 Å². The molecule has 4 heteroatoms. The van der Waals surface area contributed by atoms with E-state index in [-0.39, 0.29) is 11.9 Å². The standard InChI is InChI=1S/C17H20BrFN2/c1-3-7-21-17(15-6-8-20-11-12(15)2)9-13-4-5-14(18)10-16(13)19/h4-6,8,10-11,17,21H,3,7,9H2,1-2H3. The van der Waals surface area contributed by atoms with Crippen molar-refractivity contribution in [1.82, 2.24) is 10.3 Å². The Kier molecular flexibility index (Phi) is 5.88. The zero-order valence-electron chi connectivity index (χ0n) is 12.4. The van der Waals surface area contributed by atoms with E-state index in [1.165, 1.54) is 11.6 Å². The van der Waals surface area contributed by atoms with Crippen molar-refractivity contribution in [1.29, 1.82) is 0 Å². The van der Waals surface area contributed by atoms with Gasteiger partial charge in [0.1, 0.15) is 5.82 Å². The SMILES string of the molecule is CCCNC(Cc1ccc(Br)cc1F)c1ccncc1C. The van der Waals surface area contributed by atoms with Crippen LogP contribution in [-0.4, -0.2) is 11.5 Å². The molecule has 0 radical (unpaired) electrons. The van der Waals surface area contributed by atoms with E-state index in [1.54, 1.807) is 6.20 Å². The highest BCUT2D eigenvalue weighted by molar-refractivity contribution is 9.10. The second-order valence-corrected chi connectivity index (χ2v) is 6.09. The molecule has 2 aromatic rings. The van der Waals surface area contributed by atoms with Crippen molar-refractivity contribution in [2.45, 2.75) is 32.7 Å². The van der Waals surface area contributed by atoms with Crippen LogP contribution in [0.4, 0.5) is 4.39 Å². The first-order valence-corrected chi connectivity index (χ1v) is 7.99. The van der Waals surface area contributed by atoms with Gasteiger partial charge in [-0.1, -0.05) is 28.9 Å². The topological polar surface area (TPSA) is 24.9 Å². The van der Waals surface area contributed by atoms with Gasteiger partial charge in [0.15, 0.2) is 0 Å². The van der Waals surface area contributed by atoms with Crippen LogP contribution >= 0.6 is 15.9 Å². The van der Waals surface area contributed by atoms with E-state index in [9.17, 15) is 4.39 Å². The molecule has 1 N–H and O–H groups in total. The van der Waals surface area contributed by atoms with Crippen LogP contribution in [0.3, 0.4) is 0 Å². The quantitative estimate of drug-likeness (QED) is 0.824. The fraction of sp³-hybridized carbons (Fsp3) is 0.353. The molecule has 1 aromatic heterocycles. The molecule has 0 saturated heterocycles. The van der Waals surface area contributed by atoms with E-state index in [0.29, 0.717) is 6.42 Å². The Labute approximate surface area is 133 Å². The molecule has 0 saturated carbocycles. The van der Waals surface area contributed by atoms with Crippen LogP contribution in [0.5, 0.6) is 0 Å². The maximum atomic E-state index is 14.1. The second kappa shape index (κ2) is 7.66. The normalized spacial score (nSPS) is 12.4. The first-order valence-electron chi connectivity index (χ1n) is 7.19. The molecule has 112 valence electrons. The number of pyridine rings is 1. The minimum absolute atomic E-state index is 0.101. The third kappa shape index (κ3) is 4.35. The van der Waals surface area contributed by atoms with E-state index in [0.717, 1.165) is 28.6 Å². The lowest BCUT2D eigenvalue weighted by Crippen LogP contribution is -2.25. The number of rotatable bonds is 6. The molecule has 0 aliphatic heterocycles. The average Bonchev–Trinajstić information content (AvgIpc) is 2.46. The molecule has 2 nitrogen and oxygen atoms in total. The maximum Gasteiger partial charge on any atom is 0.127 e. The Hall–Kier alpha value is -1.26. The van der Waals surface area contributed by atoms with Crippen LogP contribution in [0.15, 0.2) is 41.1 Å². The van der Waals surface area contributed by atoms with E-state index < -0.39 is 0 Å². The third-order valence-corrected chi connectivity index (χ3v) is 4.01. The minimum Gasteiger partial charge on any atom is -0.310 e. The van der Waals surface area contributed by atoms with Crippen LogP contribution < -0.4 is 5.32 Å². The Bertz CT molecular complexity index is 601. The van der Waals surface area contributed by atoms with Crippen molar-refractivity contribution >= 4 is 15.9 Å². The van der Waals surface area contributed by atoms with Gasteiger partial charge in [-0.3, -0.25) is 4.98 Å². The van der Waals surface area contributed by atoms with Crippen molar-refractivity contribution < 1.29 is 4.39 Å². The van der Waals surface area contributed by atoms with Gasteiger partial charge < -0.3 is 5.32 Å². The van der Waals surface area contributed by atoms with Gasteiger partial charge in [0, 0.05) is 22.9 Å². The maximum absolute atomic E-state index is 14.1. The molecule has 0 spiro atoms. The summed E-state index contributed by atoms with van der Waals surface area (Å²) in [6.07, 6.45) is 5.32. The van der Waals surface area contributed by atoms with E-state index in [4.69, 9.17) is 0 Å². The fourth-order valence-electron chi connectivity index (χ4n) is 2.39. The monoisotopic (exact) mass is 350 g/mol. The molecule has 21 heavy (non-hydrogen) atoms. The van der Waals surface area contributed by atoms with Gasteiger partial charge in [0.05, 0.1) is 0 Å². The molecule has 0 amide bonds. The summed E-state index contributed by atoms with van der Waals surface area (Å²) in [5.41, 5.74) is 3.03.